The van der Waals surface area contributed by atoms with Crippen molar-refractivity contribution in [2.45, 2.75) is 0 Å². The van der Waals surface area contributed by atoms with Gasteiger partial charge in [0.15, 0.2) is 5.01 Å². The van der Waals surface area contributed by atoms with E-state index < -0.39 is 11.7 Å². The number of anilines is 1. The standard InChI is InChI=1S/C17H10ClF2N3OS/c18-14(9-10-1-3-11(19)4-2-10)16-22-23-17(25-16)15(24)21-13-7-5-12(20)6-8-13/h1-9H,(H,21,24). The van der Waals surface area contributed by atoms with E-state index >= 15 is 0 Å². The Morgan fingerprint density at radius 3 is 2.16 bits per heavy atom. The second-order valence-electron chi connectivity index (χ2n) is 4.92. The highest BCUT2D eigenvalue weighted by atomic mass is 35.5. The summed E-state index contributed by atoms with van der Waals surface area (Å²) in [5.41, 5.74) is 1.13. The molecule has 0 saturated carbocycles. The fourth-order valence-electron chi connectivity index (χ4n) is 1.90. The minimum Gasteiger partial charge on any atom is -0.320 e. The fourth-order valence-corrected chi connectivity index (χ4v) is 2.82. The maximum atomic E-state index is 12.9. The topological polar surface area (TPSA) is 54.9 Å². The molecule has 0 fully saturated rings. The van der Waals surface area contributed by atoms with E-state index in [4.69, 9.17) is 11.6 Å². The van der Waals surface area contributed by atoms with E-state index in [1.54, 1.807) is 18.2 Å². The minimum atomic E-state index is -0.471. The molecule has 4 nitrogen and oxygen atoms in total. The van der Waals surface area contributed by atoms with Gasteiger partial charge in [-0.15, -0.1) is 10.2 Å². The lowest BCUT2D eigenvalue weighted by Crippen LogP contribution is -2.11. The molecule has 3 aromatic rings. The Morgan fingerprint density at radius 2 is 1.52 bits per heavy atom. The number of hydrogen-bond donors (Lipinski definition) is 1. The number of aromatic nitrogens is 2. The van der Waals surface area contributed by atoms with Crippen LogP contribution < -0.4 is 5.32 Å². The number of amides is 1. The Balaban J connectivity index is 1.73. The number of carbonyl (C=O) groups excluding carboxylic acids is 1. The van der Waals surface area contributed by atoms with Crippen LogP contribution >= 0.6 is 22.9 Å². The summed E-state index contributed by atoms with van der Waals surface area (Å²) in [5.74, 6) is -1.21. The quantitative estimate of drug-likeness (QED) is 0.710. The van der Waals surface area contributed by atoms with Crippen molar-refractivity contribution < 1.29 is 13.6 Å². The molecule has 0 bridgehead atoms. The van der Waals surface area contributed by atoms with Crippen molar-refractivity contribution in [3.8, 4) is 0 Å². The maximum Gasteiger partial charge on any atom is 0.286 e. The van der Waals surface area contributed by atoms with Crippen LogP contribution in [0.5, 0.6) is 0 Å². The lowest BCUT2D eigenvalue weighted by molar-refractivity contribution is 0.102. The highest BCUT2D eigenvalue weighted by Crippen LogP contribution is 2.25. The number of nitrogens with zero attached hydrogens (tertiary/aromatic N) is 2. The van der Waals surface area contributed by atoms with Gasteiger partial charge in [-0.2, -0.15) is 0 Å². The molecule has 3 rings (SSSR count). The van der Waals surface area contributed by atoms with Crippen molar-refractivity contribution in [1.29, 1.82) is 0 Å². The van der Waals surface area contributed by atoms with Crippen molar-refractivity contribution in [3.63, 3.8) is 0 Å². The first-order valence-electron chi connectivity index (χ1n) is 7.05. The van der Waals surface area contributed by atoms with Crippen LogP contribution in [0.3, 0.4) is 0 Å². The van der Waals surface area contributed by atoms with E-state index in [0.29, 0.717) is 16.3 Å². The molecule has 0 aliphatic rings. The van der Waals surface area contributed by atoms with Gasteiger partial charge in [-0.05, 0) is 48.0 Å². The normalized spacial score (nSPS) is 11.4. The molecule has 1 aromatic heterocycles. The van der Waals surface area contributed by atoms with Gasteiger partial charge in [-0.1, -0.05) is 35.1 Å². The third-order valence-electron chi connectivity index (χ3n) is 3.09. The zero-order chi connectivity index (χ0) is 17.8. The molecule has 0 spiro atoms. The largest absolute Gasteiger partial charge is 0.320 e. The first-order valence-corrected chi connectivity index (χ1v) is 8.24. The summed E-state index contributed by atoms with van der Waals surface area (Å²) >= 11 is 7.19. The molecule has 0 unspecified atom stereocenters. The van der Waals surface area contributed by atoms with Gasteiger partial charge in [0.25, 0.3) is 5.91 Å². The molecule has 0 aliphatic heterocycles. The van der Waals surface area contributed by atoms with Crippen molar-refractivity contribution in [3.05, 3.63) is 75.7 Å². The van der Waals surface area contributed by atoms with Crippen LogP contribution in [0.25, 0.3) is 11.1 Å². The molecule has 0 atom stereocenters. The summed E-state index contributed by atoms with van der Waals surface area (Å²) < 4.78 is 25.8. The van der Waals surface area contributed by atoms with Crippen molar-refractivity contribution in [2.24, 2.45) is 0 Å². The summed E-state index contributed by atoms with van der Waals surface area (Å²) in [6, 6.07) is 11.1. The van der Waals surface area contributed by atoms with Gasteiger partial charge in [0.05, 0.1) is 5.03 Å². The van der Waals surface area contributed by atoms with Gasteiger partial charge >= 0.3 is 0 Å². The number of nitrogens with one attached hydrogen (secondary N) is 1. The molecule has 0 radical (unpaired) electrons. The predicted octanol–water partition coefficient (Wildman–Crippen LogP) is 4.81. The van der Waals surface area contributed by atoms with Crippen molar-refractivity contribution in [1.82, 2.24) is 10.2 Å². The second-order valence-corrected chi connectivity index (χ2v) is 6.30. The molecule has 0 aliphatic carbocycles. The molecule has 8 heteroatoms. The molecule has 2 aromatic carbocycles. The average molecular weight is 378 g/mol. The van der Waals surface area contributed by atoms with E-state index in [2.05, 4.69) is 15.5 Å². The Kier molecular flexibility index (Phi) is 5.16. The van der Waals surface area contributed by atoms with Crippen LogP contribution in [0.4, 0.5) is 14.5 Å². The number of halogens is 3. The van der Waals surface area contributed by atoms with Crippen molar-refractivity contribution in [2.75, 3.05) is 5.32 Å². The van der Waals surface area contributed by atoms with Crippen LogP contribution in [0, 0.1) is 11.6 Å². The van der Waals surface area contributed by atoms with Gasteiger partial charge in [0, 0.05) is 5.69 Å². The molecule has 126 valence electrons. The Hall–Kier alpha value is -2.64. The molecular weight excluding hydrogens is 368 g/mol. The zero-order valence-electron chi connectivity index (χ0n) is 12.5. The first kappa shape index (κ1) is 17.2. The maximum absolute atomic E-state index is 12.9. The molecule has 1 heterocycles. The van der Waals surface area contributed by atoms with Crippen LogP contribution in [0.1, 0.15) is 20.4 Å². The lowest BCUT2D eigenvalue weighted by Gasteiger charge is -2.01. The van der Waals surface area contributed by atoms with Gasteiger partial charge < -0.3 is 5.32 Å². The Morgan fingerprint density at radius 1 is 0.960 bits per heavy atom. The van der Waals surface area contributed by atoms with Gasteiger partial charge in [0.1, 0.15) is 11.6 Å². The average Bonchev–Trinajstić information content (AvgIpc) is 3.09. The summed E-state index contributed by atoms with van der Waals surface area (Å²) in [7, 11) is 0. The van der Waals surface area contributed by atoms with E-state index in [-0.39, 0.29) is 15.9 Å². The third-order valence-corrected chi connectivity index (χ3v) is 4.44. The van der Waals surface area contributed by atoms with Crippen LogP contribution in [-0.2, 0) is 0 Å². The van der Waals surface area contributed by atoms with Gasteiger partial charge in [0.2, 0.25) is 5.01 Å². The molecular formula is C17H10ClF2N3OS. The summed E-state index contributed by atoms with van der Waals surface area (Å²) in [6.45, 7) is 0. The summed E-state index contributed by atoms with van der Waals surface area (Å²) in [6.07, 6.45) is 1.60. The van der Waals surface area contributed by atoms with Crippen molar-refractivity contribution >= 4 is 45.6 Å². The highest BCUT2D eigenvalue weighted by Gasteiger charge is 2.15. The monoisotopic (exact) mass is 377 g/mol. The van der Waals surface area contributed by atoms with Gasteiger partial charge in [-0.3, -0.25) is 4.79 Å². The molecule has 1 N–H and O–H groups in total. The Labute approximate surface area is 150 Å². The molecule has 25 heavy (non-hydrogen) atoms. The Bertz CT molecular complexity index is 924. The molecule has 0 saturated heterocycles. The van der Waals surface area contributed by atoms with E-state index in [9.17, 15) is 13.6 Å². The summed E-state index contributed by atoms with van der Waals surface area (Å²) in [4.78, 5) is 12.1. The lowest BCUT2D eigenvalue weighted by atomic mass is 10.2. The molecule has 1 amide bonds. The van der Waals surface area contributed by atoms with E-state index in [1.165, 1.54) is 36.4 Å². The first-order chi connectivity index (χ1) is 12.0. The van der Waals surface area contributed by atoms with Crippen LogP contribution in [0.2, 0.25) is 0 Å². The smallest absolute Gasteiger partial charge is 0.286 e. The summed E-state index contributed by atoms with van der Waals surface area (Å²) in [5, 5.41) is 11.0. The number of carbonyl (C=O) groups is 1. The third kappa shape index (κ3) is 4.46. The van der Waals surface area contributed by atoms with Crippen LogP contribution in [-0.4, -0.2) is 16.1 Å². The second kappa shape index (κ2) is 7.50. The fraction of sp³-hybridized carbons (Fsp3) is 0. The number of hydrogen-bond acceptors (Lipinski definition) is 4. The number of rotatable bonds is 4. The number of benzene rings is 2. The van der Waals surface area contributed by atoms with Gasteiger partial charge in [-0.25, -0.2) is 8.78 Å². The predicted molar refractivity (Wildman–Crippen MR) is 94.4 cm³/mol. The van der Waals surface area contributed by atoms with E-state index in [1.807, 2.05) is 0 Å². The highest BCUT2D eigenvalue weighted by molar-refractivity contribution is 7.15. The zero-order valence-corrected chi connectivity index (χ0v) is 14.1. The van der Waals surface area contributed by atoms with Crippen LogP contribution in [0.15, 0.2) is 48.5 Å². The van der Waals surface area contributed by atoms with E-state index in [0.717, 1.165) is 11.3 Å². The minimum absolute atomic E-state index is 0.116. The SMILES string of the molecule is O=C(Nc1ccc(F)cc1)c1nnc(C(Cl)=Cc2ccc(F)cc2)s1.